The minimum atomic E-state index is 0.518. The molecule has 0 bridgehead atoms. The molecular weight excluding hydrogens is 166 g/mol. The van der Waals surface area contributed by atoms with Gasteiger partial charge < -0.3 is 5.73 Å². The minimum Gasteiger partial charge on any atom is -0.326 e. The molecule has 0 aromatic carbocycles. The highest BCUT2D eigenvalue weighted by molar-refractivity contribution is 8.01. The zero-order chi connectivity index (χ0) is 8.39. The van der Waals surface area contributed by atoms with E-state index in [9.17, 15) is 0 Å². The highest BCUT2D eigenvalue weighted by Crippen LogP contribution is 2.36. The van der Waals surface area contributed by atoms with Crippen LogP contribution in [0.3, 0.4) is 0 Å². The summed E-state index contributed by atoms with van der Waals surface area (Å²) in [5.41, 5.74) is 6.23. The van der Waals surface area contributed by atoms with Crippen molar-refractivity contribution >= 4 is 11.8 Å². The molecule has 1 saturated heterocycles. The van der Waals surface area contributed by atoms with E-state index < -0.39 is 0 Å². The molecular formula is C10H19NS. The van der Waals surface area contributed by atoms with E-state index in [0.29, 0.717) is 6.04 Å². The summed E-state index contributed by atoms with van der Waals surface area (Å²) < 4.78 is 0. The van der Waals surface area contributed by atoms with E-state index in [1.54, 1.807) is 0 Å². The first-order chi connectivity index (χ1) is 5.88. The lowest BCUT2D eigenvalue weighted by molar-refractivity contribution is 0.295. The number of nitrogens with two attached hydrogens (primary N) is 1. The normalized spacial score (nSPS) is 34.2. The van der Waals surface area contributed by atoms with Crippen LogP contribution in [0.5, 0.6) is 0 Å². The zero-order valence-corrected chi connectivity index (χ0v) is 8.48. The van der Waals surface area contributed by atoms with Gasteiger partial charge in [-0.2, -0.15) is 11.8 Å². The van der Waals surface area contributed by atoms with E-state index in [4.69, 9.17) is 5.73 Å². The van der Waals surface area contributed by atoms with E-state index in [1.807, 2.05) is 0 Å². The fourth-order valence-corrected chi connectivity index (χ4v) is 3.33. The maximum absolute atomic E-state index is 6.23. The fraction of sp³-hybridized carbons (Fsp3) is 1.00. The molecule has 0 amide bonds. The van der Waals surface area contributed by atoms with Crippen molar-refractivity contribution in [3.8, 4) is 0 Å². The van der Waals surface area contributed by atoms with E-state index in [2.05, 4.69) is 11.8 Å². The van der Waals surface area contributed by atoms with Gasteiger partial charge in [-0.15, -0.1) is 0 Å². The van der Waals surface area contributed by atoms with Gasteiger partial charge in [-0.3, -0.25) is 0 Å². The van der Waals surface area contributed by atoms with Crippen molar-refractivity contribution in [3.05, 3.63) is 0 Å². The predicted molar refractivity (Wildman–Crippen MR) is 55.4 cm³/mol. The van der Waals surface area contributed by atoms with Crippen LogP contribution in [-0.4, -0.2) is 17.0 Å². The molecule has 0 radical (unpaired) electrons. The third-order valence-corrected chi connectivity index (χ3v) is 4.81. The van der Waals surface area contributed by atoms with Gasteiger partial charge in [0.1, 0.15) is 0 Å². The lowest BCUT2D eigenvalue weighted by atomic mass is 9.82. The summed E-state index contributed by atoms with van der Waals surface area (Å²) in [6, 6.07) is 0.518. The molecule has 1 aliphatic heterocycles. The van der Waals surface area contributed by atoms with Gasteiger partial charge in [0, 0.05) is 11.3 Å². The van der Waals surface area contributed by atoms with Crippen LogP contribution in [0, 0.1) is 5.92 Å². The molecule has 2 unspecified atom stereocenters. The molecule has 12 heavy (non-hydrogen) atoms. The summed E-state index contributed by atoms with van der Waals surface area (Å²) in [7, 11) is 0. The smallest absolute Gasteiger partial charge is 0.0209 e. The summed E-state index contributed by atoms with van der Waals surface area (Å²) in [5.74, 6) is 2.21. The number of rotatable bonds is 2. The van der Waals surface area contributed by atoms with Crippen molar-refractivity contribution in [3.63, 3.8) is 0 Å². The fourth-order valence-electron chi connectivity index (χ4n) is 2.38. The van der Waals surface area contributed by atoms with Gasteiger partial charge in [0.2, 0.25) is 0 Å². The summed E-state index contributed by atoms with van der Waals surface area (Å²) >= 11 is 2.08. The molecule has 1 heterocycles. The highest BCUT2D eigenvalue weighted by atomic mass is 32.2. The van der Waals surface area contributed by atoms with E-state index in [1.165, 1.54) is 44.3 Å². The Morgan fingerprint density at radius 1 is 1.08 bits per heavy atom. The van der Waals surface area contributed by atoms with Gasteiger partial charge >= 0.3 is 0 Å². The first-order valence-electron chi connectivity index (χ1n) is 5.25. The topological polar surface area (TPSA) is 26.0 Å². The van der Waals surface area contributed by atoms with Crippen LogP contribution in [0.2, 0.25) is 0 Å². The lowest BCUT2D eigenvalue weighted by Crippen LogP contribution is -2.44. The predicted octanol–water partition coefficient (Wildman–Crippen LogP) is 2.40. The van der Waals surface area contributed by atoms with Crippen molar-refractivity contribution in [1.82, 2.24) is 0 Å². The number of thioether (sulfide) groups is 1. The molecule has 2 rings (SSSR count). The van der Waals surface area contributed by atoms with Crippen LogP contribution in [0.4, 0.5) is 0 Å². The zero-order valence-electron chi connectivity index (χ0n) is 7.67. The molecule has 0 aromatic rings. The maximum atomic E-state index is 6.23. The highest BCUT2D eigenvalue weighted by Gasteiger charge is 2.31. The maximum Gasteiger partial charge on any atom is 0.0209 e. The Bertz CT molecular complexity index is 139. The summed E-state index contributed by atoms with van der Waals surface area (Å²) in [6.45, 7) is 0. The average molecular weight is 185 g/mol. The van der Waals surface area contributed by atoms with E-state index in [0.717, 1.165) is 11.2 Å². The molecule has 1 aliphatic carbocycles. The molecule has 70 valence electrons. The summed E-state index contributed by atoms with van der Waals surface area (Å²) in [5, 5.41) is 0.813. The minimum absolute atomic E-state index is 0.518. The molecule has 2 heteroatoms. The lowest BCUT2D eigenvalue weighted by Gasteiger charge is -2.37. The monoisotopic (exact) mass is 185 g/mol. The molecule has 0 aromatic heterocycles. The average Bonchev–Trinajstić information content (AvgIpc) is 2.03. The van der Waals surface area contributed by atoms with Gasteiger partial charge in [0.25, 0.3) is 0 Å². The first kappa shape index (κ1) is 8.89. The Hall–Kier alpha value is 0.310. The SMILES string of the molecule is NC(C1CCCCC1)C1CCS1. The first-order valence-corrected chi connectivity index (χ1v) is 6.30. The van der Waals surface area contributed by atoms with Gasteiger partial charge in [-0.05, 0) is 30.9 Å². The third kappa shape index (κ3) is 1.80. The van der Waals surface area contributed by atoms with Crippen LogP contribution in [0.15, 0.2) is 0 Å². The van der Waals surface area contributed by atoms with Crippen LogP contribution in [-0.2, 0) is 0 Å². The largest absolute Gasteiger partial charge is 0.326 e. The Morgan fingerprint density at radius 3 is 2.25 bits per heavy atom. The quantitative estimate of drug-likeness (QED) is 0.715. The Balaban J connectivity index is 1.80. The summed E-state index contributed by atoms with van der Waals surface area (Å²) in [6.07, 6.45) is 8.48. The molecule has 2 fully saturated rings. The summed E-state index contributed by atoms with van der Waals surface area (Å²) in [4.78, 5) is 0. The molecule has 1 saturated carbocycles. The van der Waals surface area contributed by atoms with E-state index in [-0.39, 0.29) is 0 Å². The molecule has 2 aliphatic rings. The molecule has 0 spiro atoms. The second-order valence-corrected chi connectivity index (χ2v) is 5.52. The van der Waals surface area contributed by atoms with Crippen molar-refractivity contribution in [2.24, 2.45) is 11.7 Å². The van der Waals surface area contributed by atoms with Gasteiger partial charge in [0.05, 0.1) is 0 Å². The third-order valence-electron chi connectivity index (χ3n) is 3.36. The van der Waals surface area contributed by atoms with Crippen LogP contribution in [0.25, 0.3) is 0 Å². The Kier molecular flexibility index (Phi) is 2.97. The second-order valence-electron chi connectivity index (χ2n) is 4.17. The van der Waals surface area contributed by atoms with Crippen molar-refractivity contribution in [1.29, 1.82) is 0 Å². The van der Waals surface area contributed by atoms with Crippen molar-refractivity contribution in [2.75, 3.05) is 5.75 Å². The van der Waals surface area contributed by atoms with Gasteiger partial charge in [-0.1, -0.05) is 19.3 Å². The molecule has 1 nitrogen and oxygen atoms in total. The Morgan fingerprint density at radius 2 is 1.75 bits per heavy atom. The number of hydrogen-bond acceptors (Lipinski definition) is 2. The van der Waals surface area contributed by atoms with Gasteiger partial charge in [-0.25, -0.2) is 0 Å². The second kappa shape index (κ2) is 4.01. The van der Waals surface area contributed by atoms with Crippen LogP contribution < -0.4 is 5.73 Å². The van der Waals surface area contributed by atoms with Crippen molar-refractivity contribution in [2.45, 2.75) is 49.8 Å². The molecule has 2 N–H and O–H groups in total. The standard InChI is InChI=1S/C10H19NS/c11-10(9-6-7-12-9)8-4-2-1-3-5-8/h8-10H,1-7,11H2. The number of hydrogen-bond donors (Lipinski definition) is 1. The molecule has 2 atom stereocenters. The van der Waals surface area contributed by atoms with Crippen molar-refractivity contribution < 1.29 is 0 Å². The van der Waals surface area contributed by atoms with Crippen LogP contribution in [0.1, 0.15) is 38.5 Å². The van der Waals surface area contributed by atoms with E-state index >= 15 is 0 Å². The van der Waals surface area contributed by atoms with Gasteiger partial charge in [0.15, 0.2) is 0 Å². The Labute approximate surface area is 79.5 Å². The van der Waals surface area contributed by atoms with Crippen LogP contribution >= 0.6 is 11.8 Å².